The van der Waals surface area contributed by atoms with Crippen molar-refractivity contribution in [3.8, 4) is 0 Å². The predicted molar refractivity (Wildman–Crippen MR) is 63.9 cm³/mol. The molecule has 0 unspecified atom stereocenters. The number of hydrogen-bond acceptors (Lipinski definition) is 3. The van der Waals surface area contributed by atoms with E-state index in [4.69, 9.17) is 0 Å². The molecule has 0 radical (unpaired) electrons. The van der Waals surface area contributed by atoms with Gasteiger partial charge in [0.15, 0.2) is 0 Å². The maximum Gasteiger partial charge on any atom is 0.254 e. The lowest BCUT2D eigenvalue weighted by molar-refractivity contribution is 0.881. The fraction of sp³-hybridized carbons (Fsp3) is 0.308. The molecule has 4 nitrogen and oxygen atoms in total. The van der Waals surface area contributed by atoms with E-state index in [1.807, 2.05) is 12.1 Å². The average molecular weight is 227 g/mol. The fourth-order valence-electron chi connectivity index (χ4n) is 2.27. The average Bonchev–Trinajstić information content (AvgIpc) is 2.79. The van der Waals surface area contributed by atoms with Crippen molar-refractivity contribution in [3.05, 3.63) is 57.5 Å². The van der Waals surface area contributed by atoms with Crippen molar-refractivity contribution in [2.75, 3.05) is 0 Å². The van der Waals surface area contributed by atoms with E-state index in [1.165, 1.54) is 0 Å². The standard InChI is InChI=1S/C13H13N3O/c17-13-10-4-1-5-11(10)15-12(16-13)7-9-3-2-6-14-8-9/h2-3,6,8H,1,4-5,7H2,(H,15,16,17). The fourth-order valence-corrected chi connectivity index (χ4v) is 2.27. The molecule has 17 heavy (non-hydrogen) atoms. The first-order valence-electron chi connectivity index (χ1n) is 5.83. The van der Waals surface area contributed by atoms with Crippen LogP contribution in [0.4, 0.5) is 0 Å². The molecule has 2 heterocycles. The lowest BCUT2D eigenvalue weighted by Gasteiger charge is -2.03. The highest BCUT2D eigenvalue weighted by molar-refractivity contribution is 5.24. The molecule has 0 spiro atoms. The lowest BCUT2D eigenvalue weighted by Crippen LogP contribution is -2.17. The number of nitrogens with zero attached hydrogens (tertiary/aromatic N) is 2. The van der Waals surface area contributed by atoms with Crippen LogP contribution in [0, 0.1) is 0 Å². The van der Waals surface area contributed by atoms with Crippen molar-refractivity contribution in [1.82, 2.24) is 15.0 Å². The summed E-state index contributed by atoms with van der Waals surface area (Å²) < 4.78 is 0. The number of H-pyrrole nitrogens is 1. The second-order valence-corrected chi connectivity index (χ2v) is 4.33. The number of hydrogen-bond donors (Lipinski definition) is 1. The Bertz CT molecular complexity index is 589. The first-order valence-corrected chi connectivity index (χ1v) is 5.83. The van der Waals surface area contributed by atoms with Crippen molar-refractivity contribution in [1.29, 1.82) is 0 Å². The Kier molecular flexibility index (Phi) is 2.48. The van der Waals surface area contributed by atoms with Gasteiger partial charge in [-0.15, -0.1) is 0 Å². The van der Waals surface area contributed by atoms with Crippen LogP contribution in [0.5, 0.6) is 0 Å². The van der Waals surface area contributed by atoms with E-state index in [0.717, 1.165) is 41.9 Å². The molecule has 3 rings (SSSR count). The molecule has 2 aromatic heterocycles. The van der Waals surface area contributed by atoms with Crippen LogP contribution in [0.25, 0.3) is 0 Å². The Morgan fingerprint density at radius 2 is 2.29 bits per heavy atom. The molecule has 86 valence electrons. The number of aromatic amines is 1. The number of fused-ring (bicyclic) bond motifs is 1. The molecule has 0 saturated carbocycles. The zero-order valence-electron chi connectivity index (χ0n) is 9.44. The van der Waals surface area contributed by atoms with Gasteiger partial charge in [0.1, 0.15) is 5.82 Å². The van der Waals surface area contributed by atoms with Crippen LogP contribution in [-0.4, -0.2) is 15.0 Å². The first kappa shape index (κ1) is 10.2. The summed E-state index contributed by atoms with van der Waals surface area (Å²) in [6.07, 6.45) is 7.01. The van der Waals surface area contributed by atoms with E-state index < -0.39 is 0 Å². The summed E-state index contributed by atoms with van der Waals surface area (Å²) in [5.74, 6) is 0.739. The molecule has 4 heteroatoms. The van der Waals surface area contributed by atoms with Crippen LogP contribution < -0.4 is 5.56 Å². The van der Waals surface area contributed by atoms with Gasteiger partial charge in [0.25, 0.3) is 5.56 Å². The number of aromatic nitrogens is 3. The summed E-state index contributed by atoms with van der Waals surface area (Å²) in [5.41, 5.74) is 2.95. The van der Waals surface area contributed by atoms with Gasteiger partial charge in [-0.25, -0.2) is 4.98 Å². The van der Waals surface area contributed by atoms with E-state index in [1.54, 1.807) is 12.4 Å². The van der Waals surface area contributed by atoms with Gasteiger partial charge in [-0.2, -0.15) is 0 Å². The maximum atomic E-state index is 11.8. The Morgan fingerprint density at radius 3 is 3.12 bits per heavy atom. The Labute approximate surface area is 98.8 Å². The molecule has 1 aliphatic carbocycles. The van der Waals surface area contributed by atoms with Gasteiger partial charge in [0.05, 0.1) is 5.69 Å². The van der Waals surface area contributed by atoms with Crippen LogP contribution in [0.2, 0.25) is 0 Å². The Balaban J connectivity index is 1.95. The third-order valence-corrected chi connectivity index (χ3v) is 3.08. The van der Waals surface area contributed by atoms with Gasteiger partial charge in [-0.05, 0) is 30.9 Å². The predicted octanol–water partition coefficient (Wildman–Crippen LogP) is 1.24. The lowest BCUT2D eigenvalue weighted by atomic mass is 10.2. The van der Waals surface area contributed by atoms with Gasteiger partial charge in [-0.3, -0.25) is 9.78 Å². The molecule has 1 aliphatic rings. The highest BCUT2D eigenvalue weighted by Crippen LogP contribution is 2.16. The second-order valence-electron chi connectivity index (χ2n) is 4.33. The summed E-state index contributed by atoms with van der Waals surface area (Å²) in [6, 6.07) is 3.88. The molecular weight excluding hydrogens is 214 g/mol. The van der Waals surface area contributed by atoms with Crippen LogP contribution in [0.15, 0.2) is 29.3 Å². The summed E-state index contributed by atoms with van der Waals surface area (Å²) >= 11 is 0. The monoisotopic (exact) mass is 227 g/mol. The Morgan fingerprint density at radius 1 is 1.35 bits per heavy atom. The minimum Gasteiger partial charge on any atom is -0.310 e. The molecular formula is C13H13N3O. The quantitative estimate of drug-likeness (QED) is 0.839. The van der Waals surface area contributed by atoms with Gasteiger partial charge < -0.3 is 4.98 Å². The van der Waals surface area contributed by atoms with Gasteiger partial charge in [0.2, 0.25) is 0 Å². The summed E-state index contributed by atoms with van der Waals surface area (Å²) in [5, 5.41) is 0. The van der Waals surface area contributed by atoms with Crippen LogP contribution in [-0.2, 0) is 19.3 Å². The Hall–Kier alpha value is -1.97. The van der Waals surface area contributed by atoms with Crippen molar-refractivity contribution in [2.45, 2.75) is 25.7 Å². The number of rotatable bonds is 2. The highest BCUT2D eigenvalue weighted by Gasteiger charge is 2.16. The molecule has 1 N–H and O–H groups in total. The maximum absolute atomic E-state index is 11.8. The smallest absolute Gasteiger partial charge is 0.254 e. The molecule has 0 bridgehead atoms. The minimum atomic E-state index is 0.0337. The van der Waals surface area contributed by atoms with Crippen LogP contribution in [0.1, 0.15) is 29.1 Å². The molecule has 0 atom stereocenters. The highest BCUT2D eigenvalue weighted by atomic mass is 16.1. The van der Waals surface area contributed by atoms with Crippen molar-refractivity contribution in [3.63, 3.8) is 0 Å². The van der Waals surface area contributed by atoms with E-state index in [9.17, 15) is 4.79 Å². The molecule has 0 amide bonds. The topological polar surface area (TPSA) is 58.6 Å². The number of aryl methyl sites for hydroxylation is 1. The van der Waals surface area contributed by atoms with E-state index in [0.29, 0.717) is 6.42 Å². The zero-order chi connectivity index (χ0) is 11.7. The van der Waals surface area contributed by atoms with Crippen LogP contribution in [0.3, 0.4) is 0 Å². The van der Waals surface area contributed by atoms with Crippen LogP contribution >= 0.6 is 0 Å². The van der Waals surface area contributed by atoms with E-state index in [-0.39, 0.29) is 5.56 Å². The molecule has 0 aromatic carbocycles. The van der Waals surface area contributed by atoms with E-state index in [2.05, 4.69) is 15.0 Å². The van der Waals surface area contributed by atoms with Crippen molar-refractivity contribution >= 4 is 0 Å². The van der Waals surface area contributed by atoms with Gasteiger partial charge in [0, 0.05) is 24.4 Å². The number of pyridine rings is 1. The summed E-state index contributed by atoms with van der Waals surface area (Å²) in [4.78, 5) is 23.3. The molecule has 0 saturated heterocycles. The second kappa shape index (κ2) is 4.13. The third-order valence-electron chi connectivity index (χ3n) is 3.08. The molecule has 0 fully saturated rings. The van der Waals surface area contributed by atoms with E-state index >= 15 is 0 Å². The summed E-state index contributed by atoms with van der Waals surface area (Å²) in [6.45, 7) is 0. The van der Waals surface area contributed by atoms with Crippen molar-refractivity contribution < 1.29 is 0 Å². The SMILES string of the molecule is O=c1[nH]c(Cc2cccnc2)nc2c1CCC2. The van der Waals surface area contributed by atoms with Gasteiger partial charge in [-0.1, -0.05) is 6.07 Å². The normalized spacial score (nSPS) is 13.6. The van der Waals surface area contributed by atoms with Crippen molar-refractivity contribution in [2.24, 2.45) is 0 Å². The minimum absolute atomic E-state index is 0.0337. The zero-order valence-corrected chi connectivity index (χ0v) is 9.44. The molecule has 0 aliphatic heterocycles. The molecule has 2 aromatic rings. The third kappa shape index (κ3) is 1.98. The first-order chi connectivity index (χ1) is 8.33. The number of nitrogens with one attached hydrogen (secondary N) is 1. The summed E-state index contributed by atoms with van der Waals surface area (Å²) in [7, 11) is 0. The van der Waals surface area contributed by atoms with Gasteiger partial charge >= 0.3 is 0 Å². The largest absolute Gasteiger partial charge is 0.310 e.